The van der Waals surface area contributed by atoms with Crippen LogP contribution >= 0.6 is 0 Å². The summed E-state index contributed by atoms with van der Waals surface area (Å²) in [4.78, 5) is 27.7. The molecule has 4 N–H and O–H groups in total. The quantitative estimate of drug-likeness (QED) is 0.298. The van der Waals surface area contributed by atoms with Gasteiger partial charge >= 0.3 is 5.97 Å². The highest BCUT2D eigenvalue weighted by Crippen LogP contribution is 2.67. The van der Waals surface area contributed by atoms with Gasteiger partial charge in [0, 0.05) is 12.8 Å². The zero-order chi connectivity index (χ0) is 30.6. The molecule has 0 aromatic carbocycles. The van der Waals surface area contributed by atoms with Crippen molar-refractivity contribution in [2.45, 2.75) is 124 Å². The summed E-state index contributed by atoms with van der Waals surface area (Å²) in [5.41, 5.74) is 2.35. The van der Waals surface area contributed by atoms with Crippen molar-refractivity contribution in [1.29, 1.82) is 0 Å². The Balaban J connectivity index is 1.13. The first-order valence-electron chi connectivity index (χ1n) is 18.4. The Morgan fingerprint density at radius 2 is 1.67 bits per heavy atom. The average Bonchev–Trinajstić information content (AvgIpc) is 3.39. The zero-order valence-electron chi connectivity index (χ0n) is 28.4. The Hall–Kier alpha value is -1.40. The van der Waals surface area contributed by atoms with E-state index in [-0.39, 0.29) is 36.2 Å². The van der Waals surface area contributed by atoms with Crippen LogP contribution in [0.1, 0.15) is 118 Å². The van der Waals surface area contributed by atoms with Gasteiger partial charge in [0.1, 0.15) is 19.2 Å². The summed E-state index contributed by atoms with van der Waals surface area (Å²) in [6, 6.07) is 0. The number of hydrogen-bond donors (Lipinski definition) is 2. The maximum absolute atomic E-state index is 12.9. The van der Waals surface area contributed by atoms with E-state index in [9.17, 15) is 9.59 Å². The molecule has 0 radical (unpaired) electrons. The first-order chi connectivity index (χ1) is 20.6. The number of fused-ring (bicyclic) bond motifs is 5. The molecule has 0 aromatic rings. The number of allylic oxidation sites excluding steroid dienone is 1. The van der Waals surface area contributed by atoms with Gasteiger partial charge in [-0.2, -0.15) is 0 Å². The molecule has 5 aliphatic rings. The van der Waals surface area contributed by atoms with Gasteiger partial charge in [0.25, 0.3) is 0 Å². The first kappa shape index (κ1) is 33.0. The molecule has 6 nitrogen and oxygen atoms in total. The lowest BCUT2D eigenvalue weighted by molar-refractivity contribution is -0.718. The van der Waals surface area contributed by atoms with Crippen molar-refractivity contribution in [2.75, 3.05) is 39.3 Å². The molecule has 43 heavy (non-hydrogen) atoms. The number of nitrogens with zero attached hydrogens (tertiary/aromatic N) is 1. The molecule has 6 heteroatoms. The van der Waals surface area contributed by atoms with Gasteiger partial charge in [-0.25, -0.2) is 0 Å². The predicted octanol–water partition coefficient (Wildman–Crippen LogP) is 4.69. The SMILES string of the molecule is CC(C)CCC[C@@H](C)[C@H]1CC[C@H]2[C@@H]3CC=C4C[C@@H](OC(=O)CCC(=O)N5CC[NH2+]CC[NH2+]CC5)CC[C@]4(C)C3CC[C@]12C. The van der Waals surface area contributed by atoms with Gasteiger partial charge < -0.3 is 20.3 Å². The lowest BCUT2D eigenvalue weighted by atomic mass is 9.47. The smallest absolute Gasteiger partial charge is 0.306 e. The van der Waals surface area contributed by atoms with Crippen LogP contribution in [-0.2, 0) is 14.3 Å². The summed E-state index contributed by atoms with van der Waals surface area (Å²) in [6.45, 7) is 18.2. The standard InChI is InChI=1S/C37H63N3O3/c1-26(2)7-6-8-27(3)31-11-12-32-30-10-9-28-25-29(15-17-36(28,4)33(30)16-18-37(31,32)5)43-35(42)14-13-34(41)40-23-21-38-19-20-39-22-24-40/h9,26-27,29-33,38-39H,6-8,10-25H2,1-5H3/p+2/t27-,29+,30+,31-,32+,33?,36+,37-/m1/s1. The molecule has 0 bridgehead atoms. The lowest BCUT2D eigenvalue weighted by Crippen LogP contribution is -2.94. The molecule has 0 aromatic heterocycles. The van der Waals surface area contributed by atoms with Gasteiger partial charge in [-0.15, -0.1) is 0 Å². The highest BCUT2D eigenvalue weighted by molar-refractivity contribution is 5.81. The van der Waals surface area contributed by atoms with Gasteiger partial charge in [-0.3, -0.25) is 9.59 Å². The topological polar surface area (TPSA) is 79.8 Å². The van der Waals surface area contributed by atoms with E-state index in [2.05, 4.69) is 51.3 Å². The fourth-order valence-corrected chi connectivity index (χ4v) is 10.7. The molecule has 1 aliphatic heterocycles. The Morgan fingerprint density at radius 3 is 2.40 bits per heavy atom. The van der Waals surface area contributed by atoms with Crippen molar-refractivity contribution in [3.63, 3.8) is 0 Å². The van der Waals surface area contributed by atoms with E-state index in [0.717, 1.165) is 94.0 Å². The Kier molecular flexibility index (Phi) is 11.0. The summed E-state index contributed by atoms with van der Waals surface area (Å²) >= 11 is 0. The van der Waals surface area contributed by atoms with Crippen LogP contribution in [0.15, 0.2) is 11.6 Å². The van der Waals surface area contributed by atoms with Crippen molar-refractivity contribution in [3.05, 3.63) is 11.6 Å². The second kappa shape index (κ2) is 14.4. The van der Waals surface area contributed by atoms with Crippen molar-refractivity contribution in [3.8, 4) is 0 Å². The number of carbonyl (C=O) groups is 2. The van der Waals surface area contributed by atoms with Crippen LogP contribution < -0.4 is 10.6 Å². The van der Waals surface area contributed by atoms with E-state index >= 15 is 0 Å². The highest BCUT2D eigenvalue weighted by atomic mass is 16.5. The van der Waals surface area contributed by atoms with E-state index < -0.39 is 0 Å². The number of esters is 1. The van der Waals surface area contributed by atoms with Crippen LogP contribution in [0.4, 0.5) is 0 Å². The highest BCUT2D eigenvalue weighted by Gasteiger charge is 2.59. The molecule has 0 spiro atoms. The minimum Gasteiger partial charge on any atom is -0.462 e. The molecule has 1 heterocycles. The van der Waals surface area contributed by atoms with Crippen LogP contribution in [-0.4, -0.2) is 62.1 Å². The van der Waals surface area contributed by atoms with Crippen LogP contribution in [0.5, 0.6) is 0 Å². The van der Waals surface area contributed by atoms with Crippen LogP contribution in [0.2, 0.25) is 0 Å². The summed E-state index contributed by atoms with van der Waals surface area (Å²) in [5, 5.41) is 4.56. The number of amides is 1. The van der Waals surface area contributed by atoms with E-state index in [4.69, 9.17) is 4.74 Å². The monoisotopic (exact) mass is 600 g/mol. The van der Waals surface area contributed by atoms with E-state index in [1.807, 2.05) is 4.90 Å². The van der Waals surface area contributed by atoms with Gasteiger partial charge in [0.15, 0.2) is 0 Å². The number of rotatable bonds is 9. The summed E-state index contributed by atoms with van der Waals surface area (Å²) in [5.74, 6) is 4.97. The molecule has 1 saturated heterocycles. The Labute approximate surface area is 262 Å². The average molecular weight is 600 g/mol. The molecule has 5 rings (SSSR count). The molecule has 8 atom stereocenters. The van der Waals surface area contributed by atoms with E-state index in [1.54, 1.807) is 5.57 Å². The fourth-order valence-electron chi connectivity index (χ4n) is 10.7. The fraction of sp³-hybridized carbons (Fsp3) is 0.892. The third-order valence-corrected chi connectivity index (χ3v) is 13.2. The summed E-state index contributed by atoms with van der Waals surface area (Å²) in [7, 11) is 0. The minimum atomic E-state index is -0.188. The number of ether oxygens (including phenoxy) is 1. The molecule has 4 aliphatic carbocycles. The third kappa shape index (κ3) is 7.37. The zero-order valence-corrected chi connectivity index (χ0v) is 28.4. The molecule has 1 amide bonds. The van der Waals surface area contributed by atoms with Crippen LogP contribution in [0.3, 0.4) is 0 Å². The maximum atomic E-state index is 12.9. The second-order valence-corrected chi connectivity index (χ2v) is 16.3. The maximum Gasteiger partial charge on any atom is 0.306 e. The van der Waals surface area contributed by atoms with Gasteiger partial charge in [0.05, 0.1) is 32.6 Å². The Morgan fingerprint density at radius 1 is 0.930 bits per heavy atom. The Bertz CT molecular complexity index is 986. The van der Waals surface area contributed by atoms with Crippen molar-refractivity contribution < 1.29 is 25.0 Å². The van der Waals surface area contributed by atoms with Crippen molar-refractivity contribution in [1.82, 2.24) is 4.90 Å². The van der Waals surface area contributed by atoms with Crippen LogP contribution in [0.25, 0.3) is 0 Å². The molecule has 1 unspecified atom stereocenters. The van der Waals surface area contributed by atoms with Crippen LogP contribution in [0, 0.1) is 46.3 Å². The van der Waals surface area contributed by atoms with Crippen molar-refractivity contribution in [2.24, 2.45) is 46.3 Å². The van der Waals surface area contributed by atoms with E-state index in [1.165, 1.54) is 51.4 Å². The van der Waals surface area contributed by atoms with E-state index in [0.29, 0.717) is 5.41 Å². The van der Waals surface area contributed by atoms with Gasteiger partial charge in [0.2, 0.25) is 5.91 Å². The first-order valence-corrected chi connectivity index (χ1v) is 18.4. The molecule has 244 valence electrons. The minimum absolute atomic E-state index is 0.0238. The second-order valence-electron chi connectivity index (χ2n) is 16.3. The normalized spacial score (nSPS) is 37.2. The van der Waals surface area contributed by atoms with Crippen molar-refractivity contribution >= 4 is 11.9 Å². The van der Waals surface area contributed by atoms with Gasteiger partial charge in [-0.1, -0.05) is 65.5 Å². The summed E-state index contributed by atoms with van der Waals surface area (Å²) in [6.07, 6.45) is 17.1. The lowest BCUT2D eigenvalue weighted by Gasteiger charge is -2.58. The number of carbonyl (C=O) groups excluding carboxylic acids is 2. The molecule has 3 saturated carbocycles. The molecular formula is C37H65N3O3+2. The third-order valence-electron chi connectivity index (χ3n) is 13.2. The number of quaternary nitrogens is 2. The molecular weight excluding hydrogens is 534 g/mol. The van der Waals surface area contributed by atoms with Gasteiger partial charge in [-0.05, 0) is 91.3 Å². The summed E-state index contributed by atoms with van der Waals surface area (Å²) < 4.78 is 6.03. The number of hydrogen-bond acceptors (Lipinski definition) is 3. The number of nitrogens with two attached hydrogens (primary N) is 2. The predicted molar refractivity (Wildman–Crippen MR) is 172 cm³/mol. The largest absolute Gasteiger partial charge is 0.462 e. The molecule has 4 fully saturated rings.